The SMILES string of the molecule is Cc1ccc(NC(=O)CN2Cc3cncnc3C(C)C2)cc1. The van der Waals surface area contributed by atoms with E-state index in [4.69, 9.17) is 0 Å². The molecule has 0 bridgehead atoms. The van der Waals surface area contributed by atoms with E-state index < -0.39 is 0 Å². The number of amides is 1. The van der Waals surface area contributed by atoms with Crippen LogP contribution in [0, 0.1) is 6.92 Å². The Labute approximate surface area is 130 Å². The van der Waals surface area contributed by atoms with Gasteiger partial charge in [0.2, 0.25) is 5.91 Å². The van der Waals surface area contributed by atoms with Crippen molar-refractivity contribution in [2.75, 3.05) is 18.4 Å². The Kier molecular flexibility index (Phi) is 4.15. The second-order valence-corrected chi connectivity index (χ2v) is 5.92. The third-order valence-corrected chi connectivity index (χ3v) is 3.92. The Morgan fingerprint density at radius 3 is 2.91 bits per heavy atom. The molecule has 0 spiro atoms. The molecule has 3 rings (SSSR count). The number of nitrogens with zero attached hydrogens (tertiary/aromatic N) is 3. The van der Waals surface area contributed by atoms with Crippen LogP contribution < -0.4 is 5.32 Å². The summed E-state index contributed by atoms with van der Waals surface area (Å²) in [7, 11) is 0. The molecule has 1 aromatic heterocycles. The van der Waals surface area contributed by atoms with Crippen LogP contribution in [0.1, 0.15) is 29.7 Å². The second-order valence-electron chi connectivity index (χ2n) is 5.92. The molecule has 22 heavy (non-hydrogen) atoms. The summed E-state index contributed by atoms with van der Waals surface area (Å²) in [6, 6.07) is 7.84. The molecule has 1 atom stereocenters. The number of carbonyl (C=O) groups excluding carboxylic acids is 1. The van der Waals surface area contributed by atoms with Crippen LogP contribution in [0.15, 0.2) is 36.8 Å². The van der Waals surface area contributed by atoms with Crippen LogP contribution in [0.25, 0.3) is 0 Å². The molecule has 0 aliphatic carbocycles. The number of nitrogens with one attached hydrogen (secondary N) is 1. The number of benzene rings is 1. The van der Waals surface area contributed by atoms with Crippen molar-refractivity contribution in [3.63, 3.8) is 0 Å². The molecule has 0 saturated carbocycles. The maximum absolute atomic E-state index is 12.2. The topological polar surface area (TPSA) is 58.1 Å². The van der Waals surface area contributed by atoms with Gasteiger partial charge in [0.15, 0.2) is 0 Å². The first-order valence-electron chi connectivity index (χ1n) is 7.49. The van der Waals surface area contributed by atoms with Crippen molar-refractivity contribution in [1.82, 2.24) is 14.9 Å². The molecule has 1 unspecified atom stereocenters. The fourth-order valence-corrected chi connectivity index (χ4v) is 2.87. The van der Waals surface area contributed by atoms with Crippen LogP contribution in [-0.2, 0) is 11.3 Å². The minimum Gasteiger partial charge on any atom is -0.325 e. The highest BCUT2D eigenvalue weighted by molar-refractivity contribution is 5.92. The summed E-state index contributed by atoms with van der Waals surface area (Å²) in [5.41, 5.74) is 4.23. The summed E-state index contributed by atoms with van der Waals surface area (Å²) in [5, 5.41) is 2.94. The molecule has 0 radical (unpaired) electrons. The Balaban J connectivity index is 1.62. The lowest BCUT2D eigenvalue weighted by atomic mass is 9.97. The van der Waals surface area contributed by atoms with E-state index in [1.165, 1.54) is 5.56 Å². The van der Waals surface area contributed by atoms with E-state index in [0.29, 0.717) is 12.5 Å². The molecule has 2 heterocycles. The molecule has 1 aliphatic heterocycles. The van der Waals surface area contributed by atoms with Crippen LogP contribution in [0.2, 0.25) is 0 Å². The summed E-state index contributed by atoms with van der Waals surface area (Å²) >= 11 is 0. The zero-order valence-electron chi connectivity index (χ0n) is 12.9. The largest absolute Gasteiger partial charge is 0.325 e. The average Bonchev–Trinajstić information content (AvgIpc) is 2.49. The van der Waals surface area contributed by atoms with E-state index in [-0.39, 0.29) is 5.91 Å². The van der Waals surface area contributed by atoms with E-state index >= 15 is 0 Å². The molecule has 2 aromatic rings. The lowest BCUT2D eigenvalue weighted by Gasteiger charge is -2.31. The summed E-state index contributed by atoms with van der Waals surface area (Å²) in [6.07, 6.45) is 3.44. The Hall–Kier alpha value is -2.27. The number of fused-ring (bicyclic) bond motifs is 1. The zero-order chi connectivity index (χ0) is 15.5. The molecule has 114 valence electrons. The Morgan fingerprint density at radius 2 is 2.14 bits per heavy atom. The quantitative estimate of drug-likeness (QED) is 0.944. The van der Waals surface area contributed by atoms with Crippen molar-refractivity contribution >= 4 is 11.6 Å². The van der Waals surface area contributed by atoms with Crippen LogP contribution in [-0.4, -0.2) is 33.9 Å². The Morgan fingerprint density at radius 1 is 1.36 bits per heavy atom. The molecule has 0 fully saturated rings. The maximum atomic E-state index is 12.2. The second kappa shape index (κ2) is 6.23. The molecule has 1 aliphatic rings. The zero-order valence-corrected chi connectivity index (χ0v) is 12.9. The van der Waals surface area contributed by atoms with Gasteiger partial charge in [0.1, 0.15) is 6.33 Å². The number of aromatic nitrogens is 2. The van der Waals surface area contributed by atoms with E-state index in [9.17, 15) is 4.79 Å². The Bertz CT molecular complexity index is 669. The number of hydrogen-bond donors (Lipinski definition) is 1. The van der Waals surface area contributed by atoms with Crippen molar-refractivity contribution in [2.45, 2.75) is 26.3 Å². The number of rotatable bonds is 3. The first-order chi connectivity index (χ1) is 10.6. The van der Waals surface area contributed by atoms with Crippen LogP contribution in [0.5, 0.6) is 0 Å². The lowest BCUT2D eigenvalue weighted by Crippen LogP contribution is -2.38. The van der Waals surface area contributed by atoms with Crippen LogP contribution in [0.3, 0.4) is 0 Å². The minimum absolute atomic E-state index is 0.0105. The monoisotopic (exact) mass is 296 g/mol. The number of aryl methyl sites for hydroxylation is 1. The van der Waals surface area contributed by atoms with E-state index in [0.717, 1.165) is 30.0 Å². The van der Waals surface area contributed by atoms with E-state index in [1.54, 1.807) is 6.33 Å². The number of carbonyl (C=O) groups is 1. The van der Waals surface area contributed by atoms with Crippen molar-refractivity contribution in [1.29, 1.82) is 0 Å². The van der Waals surface area contributed by atoms with Gasteiger partial charge in [0.25, 0.3) is 0 Å². The first-order valence-corrected chi connectivity index (χ1v) is 7.49. The average molecular weight is 296 g/mol. The van der Waals surface area contributed by atoms with Crippen LogP contribution >= 0.6 is 0 Å². The van der Waals surface area contributed by atoms with Gasteiger partial charge in [0, 0.05) is 36.5 Å². The highest BCUT2D eigenvalue weighted by Crippen LogP contribution is 2.24. The summed E-state index contributed by atoms with van der Waals surface area (Å²) < 4.78 is 0. The predicted molar refractivity (Wildman–Crippen MR) is 85.5 cm³/mol. The standard InChI is InChI=1S/C17H20N4O/c1-12-3-5-15(6-4-12)20-16(22)10-21-8-13(2)17-14(9-21)7-18-11-19-17/h3-7,11,13H,8-10H2,1-2H3,(H,20,22). The number of anilines is 1. The fourth-order valence-electron chi connectivity index (χ4n) is 2.87. The van der Waals surface area contributed by atoms with E-state index in [2.05, 4.69) is 27.1 Å². The van der Waals surface area contributed by atoms with Crippen molar-refractivity contribution in [2.24, 2.45) is 0 Å². The third-order valence-electron chi connectivity index (χ3n) is 3.92. The lowest BCUT2D eigenvalue weighted by molar-refractivity contribution is -0.117. The molecule has 5 heteroatoms. The van der Waals surface area contributed by atoms with Gasteiger partial charge < -0.3 is 5.32 Å². The van der Waals surface area contributed by atoms with Crippen LogP contribution in [0.4, 0.5) is 5.69 Å². The smallest absolute Gasteiger partial charge is 0.238 e. The predicted octanol–water partition coefficient (Wildman–Crippen LogP) is 2.34. The fraction of sp³-hybridized carbons (Fsp3) is 0.353. The van der Waals surface area contributed by atoms with Gasteiger partial charge in [-0.25, -0.2) is 9.97 Å². The third kappa shape index (κ3) is 3.31. The summed E-state index contributed by atoms with van der Waals surface area (Å²) in [6.45, 7) is 6.11. The van der Waals surface area contributed by atoms with Gasteiger partial charge in [-0.15, -0.1) is 0 Å². The van der Waals surface area contributed by atoms with Gasteiger partial charge in [-0.3, -0.25) is 9.69 Å². The molecule has 0 saturated heterocycles. The highest BCUT2D eigenvalue weighted by Gasteiger charge is 2.24. The maximum Gasteiger partial charge on any atom is 0.238 e. The van der Waals surface area contributed by atoms with E-state index in [1.807, 2.05) is 37.4 Å². The highest BCUT2D eigenvalue weighted by atomic mass is 16.2. The van der Waals surface area contributed by atoms with Gasteiger partial charge in [0.05, 0.1) is 12.2 Å². The van der Waals surface area contributed by atoms with Gasteiger partial charge in [-0.05, 0) is 19.1 Å². The van der Waals surface area contributed by atoms with Crippen molar-refractivity contribution in [3.8, 4) is 0 Å². The summed E-state index contributed by atoms with van der Waals surface area (Å²) in [5.74, 6) is 0.329. The molecule has 1 amide bonds. The van der Waals surface area contributed by atoms with Gasteiger partial charge >= 0.3 is 0 Å². The molecular weight excluding hydrogens is 276 g/mol. The molecule has 5 nitrogen and oxygen atoms in total. The number of hydrogen-bond acceptors (Lipinski definition) is 4. The van der Waals surface area contributed by atoms with Gasteiger partial charge in [-0.2, -0.15) is 0 Å². The van der Waals surface area contributed by atoms with Crippen molar-refractivity contribution in [3.05, 3.63) is 53.6 Å². The summed E-state index contributed by atoms with van der Waals surface area (Å²) in [4.78, 5) is 22.8. The van der Waals surface area contributed by atoms with Gasteiger partial charge in [-0.1, -0.05) is 24.6 Å². The molecular formula is C17H20N4O. The minimum atomic E-state index is 0.0105. The normalized spacial score (nSPS) is 17.8. The molecule has 1 N–H and O–H groups in total. The molecule has 1 aromatic carbocycles. The first kappa shape index (κ1) is 14.7. The van der Waals surface area contributed by atoms with Crippen molar-refractivity contribution < 1.29 is 4.79 Å².